The van der Waals surface area contributed by atoms with E-state index in [0.717, 1.165) is 27.4 Å². The number of para-hydroxylation sites is 2. The number of rotatable bonds is 4. The van der Waals surface area contributed by atoms with Crippen molar-refractivity contribution >= 4 is 50.8 Å². The first-order valence-electron chi connectivity index (χ1n) is 10.3. The van der Waals surface area contributed by atoms with Gasteiger partial charge in [-0.2, -0.15) is 0 Å². The van der Waals surface area contributed by atoms with Gasteiger partial charge in [0.25, 0.3) is 5.91 Å². The van der Waals surface area contributed by atoms with Crippen LogP contribution in [0.5, 0.6) is 5.75 Å². The Balaban J connectivity index is 0.00000274. The van der Waals surface area contributed by atoms with Crippen molar-refractivity contribution in [2.45, 2.75) is 0 Å². The summed E-state index contributed by atoms with van der Waals surface area (Å²) in [6.07, 6.45) is 0. The lowest BCUT2D eigenvalue weighted by Crippen LogP contribution is -2.34. The number of oxazole rings is 1. The molecule has 1 amide bonds. The molecule has 0 bridgehead atoms. The summed E-state index contributed by atoms with van der Waals surface area (Å²) >= 11 is 5.38. The molecule has 0 fully saturated rings. The Kier molecular flexibility index (Phi) is 6.53. The van der Waals surface area contributed by atoms with E-state index >= 15 is 0 Å². The zero-order valence-electron chi connectivity index (χ0n) is 18.2. The van der Waals surface area contributed by atoms with E-state index in [0.29, 0.717) is 22.9 Å². The quantitative estimate of drug-likeness (QED) is 0.359. The Morgan fingerprint density at radius 1 is 0.941 bits per heavy atom. The Morgan fingerprint density at radius 3 is 2.44 bits per heavy atom. The number of carbonyl (C=O) groups excluding carboxylic acids is 1. The molecule has 4 aromatic carbocycles. The van der Waals surface area contributed by atoms with Crippen LogP contribution in [-0.2, 0) is 0 Å². The lowest BCUT2D eigenvalue weighted by atomic mass is 10.1. The lowest BCUT2D eigenvalue weighted by molar-refractivity contribution is 0.0975. The van der Waals surface area contributed by atoms with Crippen LogP contribution in [0.4, 0.5) is 5.69 Å². The summed E-state index contributed by atoms with van der Waals surface area (Å²) in [7, 11) is 1.54. The van der Waals surface area contributed by atoms with Crippen molar-refractivity contribution in [2.75, 3.05) is 12.4 Å². The average Bonchev–Trinajstić information content (AvgIpc) is 3.27. The summed E-state index contributed by atoms with van der Waals surface area (Å²) in [5.74, 6) is 0.632. The lowest BCUT2D eigenvalue weighted by Gasteiger charge is -2.13. The standard InChI is InChI=1S/C26H19N3O3S.H2O/c1-31-23-15-17-8-3-2-7-16(17)14-20(23)24(30)29-26(33)27-19-10-6-9-18(13-19)25-28-21-11-4-5-12-22(21)32-25;/h2-15H,1H3,(H2,27,29,30,33);1H2. The predicted octanol–water partition coefficient (Wildman–Crippen LogP) is 4.96. The van der Waals surface area contributed by atoms with Crippen LogP contribution in [0.15, 0.2) is 89.3 Å². The molecular weight excluding hydrogens is 450 g/mol. The molecule has 0 unspecified atom stereocenters. The average molecular weight is 472 g/mol. The summed E-state index contributed by atoms with van der Waals surface area (Å²) < 4.78 is 11.3. The van der Waals surface area contributed by atoms with Gasteiger partial charge < -0.3 is 19.9 Å². The molecule has 1 heterocycles. The summed E-state index contributed by atoms with van der Waals surface area (Å²) in [6, 6.07) is 26.5. The van der Waals surface area contributed by atoms with Crippen molar-refractivity contribution < 1.29 is 19.4 Å². The second-order valence-corrected chi connectivity index (χ2v) is 7.78. The Labute approximate surface area is 200 Å². The molecule has 5 aromatic rings. The molecule has 34 heavy (non-hydrogen) atoms. The number of methoxy groups -OCH3 is 1. The van der Waals surface area contributed by atoms with E-state index in [1.807, 2.05) is 78.9 Å². The van der Waals surface area contributed by atoms with Crippen LogP contribution in [0.3, 0.4) is 0 Å². The first-order chi connectivity index (χ1) is 16.1. The fourth-order valence-electron chi connectivity index (χ4n) is 3.62. The first-order valence-corrected chi connectivity index (χ1v) is 10.7. The van der Waals surface area contributed by atoms with E-state index in [4.69, 9.17) is 21.4 Å². The maximum absolute atomic E-state index is 12.9. The van der Waals surface area contributed by atoms with Crippen LogP contribution >= 0.6 is 12.2 Å². The van der Waals surface area contributed by atoms with Crippen molar-refractivity contribution in [3.8, 4) is 17.2 Å². The highest BCUT2D eigenvalue weighted by Gasteiger charge is 2.15. The van der Waals surface area contributed by atoms with E-state index in [1.54, 1.807) is 6.07 Å². The molecule has 5 rings (SSSR count). The molecule has 0 radical (unpaired) electrons. The van der Waals surface area contributed by atoms with E-state index < -0.39 is 0 Å². The summed E-state index contributed by atoms with van der Waals surface area (Å²) in [4.78, 5) is 17.4. The first kappa shape index (κ1) is 22.9. The highest BCUT2D eigenvalue weighted by Crippen LogP contribution is 2.27. The third kappa shape index (κ3) is 4.59. The van der Waals surface area contributed by atoms with Crippen molar-refractivity contribution in [1.29, 1.82) is 0 Å². The number of anilines is 1. The summed E-state index contributed by atoms with van der Waals surface area (Å²) in [6.45, 7) is 0. The Bertz CT molecular complexity index is 1480. The van der Waals surface area contributed by atoms with Crippen molar-refractivity contribution in [1.82, 2.24) is 10.3 Å². The minimum absolute atomic E-state index is 0. The van der Waals surface area contributed by atoms with Gasteiger partial charge in [-0.25, -0.2) is 4.98 Å². The van der Waals surface area contributed by atoms with Crippen molar-refractivity contribution in [2.24, 2.45) is 0 Å². The third-order valence-corrected chi connectivity index (χ3v) is 5.40. The van der Waals surface area contributed by atoms with Gasteiger partial charge >= 0.3 is 0 Å². The molecule has 1 aromatic heterocycles. The molecule has 0 aliphatic heterocycles. The number of ether oxygens (including phenoxy) is 1. The van der Waals surface area contributed by atoms with Crippen LogP contribution in [0, 0.1) is 0 Å². The van der Waals surface area contributed by atoms with Gasteiger partial charge in [0.2, 0.25) is 5.89 Å². The topological polar surface area (TPSA) is 108 Å². The van der Waals surface area contributed by atoms with E-state index in [1.165, 1.54) is 7.11 Å². The Morgan fingerprint density at radius 2 is 1.68 bits per heavy atom. The van der Waals surface area contributed by atoms with Crippen LogP contribution in [0.2, 0.25) is 0 Å². The third-order valence-electron chi connectivity index (χ3n) is 5.20. The van der Waals surface area contributed by atoms with Gasteiger partial charge in [-0.05, 0) is 65.5 Å². The zero-order valence-corrected chi connectivity index (χ0v) is 19.0. The van der Waals surface area contributed by atoms with Crippen molar-refractivity contribution in [3.63, 3.8) is 0 Å². The minimum atomic E-state index is -0.356. The smallest absolute Gasteiger partial charge is 0.261 e. The summed E-state index contributed by atoms with van der Waals surface area (Å²) in [5.41, 5.74) is 3.41. The number of aromatic nitrogens is 1. The molecule has 0 aliphatic carbocycles. The number of carbonyl (C=O) groups is 1. The van der Waals surface area contributed by atoms with Crippen LogP contribution in [-0.4, -0.2) is 28.6 Å². The molecule has 7 nitrogen and oxygen atoms in total. The maximum atomic E-state index is 12.9. The summed E-state index contributed by atoms with van der Waals surface area (Å²) in [5, 5.41) is 7.88. The normalized spacial score (nSPS) is 10.5. The van der Waals surface area contributed by atoms with Crippen LogP contribution in [0.25, 0.3) is 33.3 Å². The number of amides is 1. The van der Waals surface area contributed by atoms with Gasteiger partial charge in [0, 0.05) is 11.3 Å². The number of hydrogen-bond donors (Lipinski definition) is 2. The molecule has 0 spiro atoms. The molecule has 8 heteroatoms. The minimum Gasteiger partial charge on any atom is -0.496 e. The monoisotopic (exact) mass is 471 g/mol. The van der Waals surface area contributed by atoms with Gasteiger partial charge in [0.05, 0.1) is 12.7 Å². The second-order valence-electron chi connectivity index (χ2n) is 7.38. The van der Waals surface area contributed by atoms with Crippen molar-refractivity contribution in [3.05, 3.63) is 90.5 Å². The predicted molar refractivity (Wildman–Crippen MR) is 137 cm³/mol. The zero-order chi connectivity index (χ0) is 22.8. The maximum Gasteiger partial charge on any atom is 0.261 e. The largest absolute Gasteiger partial charge is 0.496 e. The number of benzene rings is 4. The molecule has 0 aliphatic rings. The number of hydrogen-bond acceptors (Lipinski definition) is 5. The number of nitrogens with zero attached hydrogens (tertiary/aromatic N) is 1. The van der Waals surface area contributed by atoms with Gasteiger partial charge in [-0.1, -0.05) is 42.5 Å². The van der Waals surface area contributed by atoms with Gasteiger partial charge in [-0.15, -0.1) is 0 Å². The Hall–Kier alpha value is -4.27. The van der Waals surface area contributed by atoms with Crippen LogP contribution < -0.4 is 15.4 Å². The number of fused-ring (bicyclic) bond motifs is 2. The second kappa shape index (κ2) is 9.70. The SMILES string of the molecule is COc1cc2ccccc2cc1C(=O)NC(=S)Nc1cccc(-c2nc3ccccc3o2)c1.O. The van der Waals surface area contributed by atoms with E-state index in [2.05, 4.69) is 15.6 Å². The fraction of sp³-hybridized carbons (Fsp3) is 0.0385. The molecule has 0 saturated carbocycles. The van der Waals surface area contributed by atoms with Gasteiger partial charge in [0.1, 0.15) is 11.3 Å². The molecular formula is C26H21N3O4S. The molecule has 0 atom stereocenters. The highest BCUT2D eigenvalue weighted by molar-refractivity contribution is 7.80. The fourth-order valence-corrected chi connectivity index (χ4v) is 3.83. The van der Waals surface area contributed by atoms with Gasteiger partial charge in [-0.3, -0.25) is 10.1 Å². The molecule has 0 saturated heterocycles. The number of nitrogens with one attached hydrogen (secondary N) is 2. The van der Waals surface area contributed by atoms with Gasteiger partial charge in [0.15, 0.2) is 10.7 Å². The van der Waals surface area contributed by atoms with Crippen LogP contribution in [0.1, 0.15) is 10.4 Å². The molecule has 4 N–H and O–H groups in total. The number of thiocarbonyl (C=S) groups is 1. The molecule has 170 valence electrons. The van der Waals surface area contributed by atoms with E-state index in [-0.39, 0.29) is 16.5 Å². The highest BCUT2D eigenvalue weighted by atomic mass is 32.1. The van der Waals surface area contributed by atoms with E-state index in [9.17, 15) is 4.79 Å².